The molecule has 0 saturated heterocycles. The largest absolute Gasteiger partial charge is 0.396 e. The van der Waals surface area contributed by atoms with Crippen molar-refractivity contribution < 1.29 is 18.3 Å². The zero-order chi connectivity index (χ0) is 12.4. The molecule has 5 nitrogen and oxygen atoms in total. The van der Waals surface area contributed by atoms with E-state index in [1.54, 1.807) is 0 Å². The molecule has 0 radical (unpaired) electrons. The number of aliphatic hydroxyl groups is 1. The molecule has 0 aromatic rings. The second-order valence-corrected chi connectivity index (χ2v) is 5.58. The number of ether oxygens (including phenoxy) is 1. The molecule has 0 aliphatic rings. The van der Waals surface area contributed by atoms with Crippen molar-refractivity contribution in [3.63, 3.8) is 0 Å². The topological polar surface area (TPSA) is 75.6 Å². The van der Waals surface area contributed by atoms with Crippen molar-refractivity contribution in [1.82, 2.24) is 4.72 Å². The highest BCUT2D eigenvalue weighted by Crippen LogP contribution is 2.06. The summed E-state index contributed by atoms with van der Waals surface area (Å²) in [5, 5.41) is 8.77. The molecule has 0 spiro atoms. The van der Waals surface area contributed by atoms with Crippen molar-refractivity contribution >= 4 is 10.0 Å². The molecule has 0 aromatic heterocycles. The number of aliphatic hydroxyl groups excluding tert-OH is 1. The quantitative estimate of drug-likeness (QED) is 0.551. The maximum absolute atomic E-state index is 11.5. The highest BCUT2D eigenvalue weighted by molar-refractivity contribution is 7.89. The fraction of sp³-hybridized carbons (Fsp3) is 1.00. The number of nitrogens with one attached hydrogen (secondary N) is 1. The van der Waals surface area contributed by atoms with E-state index in [2.05, 4.69) is 4.72 Å². The molecule has 0 amide bonds. The van der Waals surface area contributed by atoms with Gasteiger partial charge in [-0.15, -0.1) is 0 Å². The van der Waals surface area contributed by atoms with Crippen LogP contribution in [-0.2, 0) is 14.8 Å². The van der Waals surface area contributed by atoms with Crippen LogP contribution in [-0.4, -0.2) is 45.6 Å². The molecule has 2 N–H and O–H groups in total. The number of rotatable bonds is 10. The van der Waals surface area contributed by atoms with E-state index in [4.69, 9.17) is 9.84 Å². The Kier molecular flexibility index (Phi) is 8.83. The van der Waals surface area contributed by atoms with E-state index >= 15 is 0 Å². The summed E-state index contributed by atoms with van der Waals surface area (Å²) in [5.74, 6) is 0.197. The normalized spacial score (nSPS) is 13.9. The molecule has 0 bridgehead atoms. The van der Waals surface area contributed by atoms with Crippen molar-refractivity contribution in [1.29, 1.82) is 0 Å². The maximum Gasteiger partial charge on any atom is 0.213 e. The summed E-state index contributed by atoms with van der Waals surface area (Å²) in [6, 6.07) is 0. The standard InChI is InChI=1S/C10H23NO4S/c1-3-10(5-6-12)9-11-16(13,14)8-7-15-4-2/h10-12H,3-9H2,1-2H3. The van der Waals surface area contributed by atoms with E-state index in [-0.39, 0.29) is 24.9 Å². The molecule has 1 unspecified atom stereocenters. The van der Waals surface area contributed by atoms with Crippen molar-refractivity contribution in [2.45, 2.75) is 26.7 Å². The Bertz CT molecular complexity index is 254. The first-order valence-corrected chi connectivity index (χ1v) is 7.36. The van der Waals surface area contributed by atoms with Crippen molar-refractivity contribution in [3.05, 3.63) is 0 Å². The second kappa shape index (κ2) is 8.92. The fourth-order valence-corrected chi connectivity index (χ4v) is 2.23. The molecule has 98 valence electrons. The van der Waals surface area contributed by atoms with Crippen molar-refractivity contribution in [3.8, 4) is 0 Å². The summed E-state index contributed by atoms with van der Waals surface area (Å²) in [6.07, 6.45) is 1.49. The van der Waals surface area contributed by atoms with Gasteiger partial charge in [0.2, 0.25) is 10.0 Å². The van der Waals surface area contributed by atoms with Crippen LogP contribution in [0.4, 0.5) is 0 Å². The maximum atomic E-state index is 11.5. The Labute approximate surface area is 98.2 Å². The van der Waals surface area contributed by atoms with Crippen molar-refractivity contribution in [2.24, 2.45) is 5.92 Å². The minimum atomic E-state index is -3.23. The minimum Gasteiger partial charge on any atom is -0.396 e. The molecule has 0 fully saturated rings. The van der Waals surface area contributed by atoms with Gasteiger partial charge in [0, 0.05) is 19.8 Å². The van der Waals surface area contributed by atoms with Gasteiger partial charge in [0.15, 0.2) is 0 Å². The van der Waals surface area contributed by atoms with Gasteiger partial charge in [0.1, 0.15) is 0 Å². The first-order valence-electron chi connectivity index (χ1n) is 5.71. The molecule has 0 heterocycles. The van der Waals surface area contributed by atoms with Crippen LogP contribution >= 0.6 is 0 Å². The first-order chi connectivity index (χ1) is 7.55. The van der Waals surface area contributed by atoms with Crippen LogP contribution in [0.25, 0.3) is 0 Å². The molecular formula is C10H23NO4S. The van der Waals surface area contributed by atoms with Gasteiger partial charge >= 0.3 is 0 Å². The predicted octanol–water partition coefficient (Wildman–Crippen LogP) is 0.351. The highest BCUT2D eigenvalue weighted by Gasteiger charge is 2.13. The van der Waals surface area contributed by atoms with Crippen LogP contribution in [0, 0.1) is 5.92 Å². The van der Waals surface area contributed by atoms with Gasteiger partial charge in [0.05, 0.1) is 12.4 Å². The average molecular weight is 253 g/mol. The monoisotopic (exact) mass is 253 g/mol. The predicted molar refractivity (Wildman–Crippen MR) is 63.8 cm³/mol. The third-order valence-corrected chi connectivity index (χ3v) is 3.72. The van der Waals surface area contributed by atoms with E-state index in [0.29, 0.717) is 19.6 Å². The lowest BCUT2D eigenvalue weighted by Crippen LogP contribution is -2.32. The Balaban J connectivity index is 3.87. The minimum absolute atomic E-state index is 0.00357. The van der Waals surface area contributed by atoms with Gasteiger partial charge in [-0.05, 0) is 19.3 Å². The van der Waals surface area contributed by atoms with Crippen molar-refractivity contribution in [2.75, 3.05) is 32.1 Å². The van der Waals surface area contributed by atoms with Crippen LogP contribution in [0.1, 0.15) is 26.7 Å². The smallest absolute Gasteiger partial charge is 0.213 e. The Morgan fingerprint density at radius 3 is 2.56 bits per heavy atom. The number of hydrogen-bond donors (Lipinski definition) is 2. The van der Waals surface area contributed by atoms with Gasteiger partial charge in [-0.1, -0.05) is 13.3 Å². The summed E-state index contributed by atoms with van der Waals surface area (Å²) >= 11 is 0. The lowest BCUT2D eigenvalue weighted by Gasteiger charge is -2.14. The van der Waals surface area contributed by atoms with E-state index in [0.717, 1.165) is 6.42 Å². The molecule has 0 aliphatic heterocycles. The molecule has 0 saturated carbocycles. The van der Waals surface area contributed by atoms with Crippen LogP contribution in [0.15, 0.2) is 0 Å². The summed E-state index contributed by atoms with van der Waals surface area (Å²) in [7, 11) is -3.23. The highest BCUT2D eigenvalue weighted by atomic mass is 32.2. The summed E-state index contributed by atoms with van der Waals surface area (Å²) in [6.45, 7) is 5.05. The van der Waals surface area contributed by atoms with Gasteiger partial charge in [-0.3, -0.25) is 0 Å². The summed E-state index contributed by atoms with van der Waals surface area (Å²) in [4.78, 5) is 0. The average Bonchev–Trinajstić information content (AvgIpc) is 2.24. The van der Waals surface area contributed by atoms with E-state index < -0.39 is 10.0 Å². The first kappa shape index (κ1) is 15.8. The molecular weight excluding hydrogens is 230 g/mol. The Morgan fingerprint density at radius 2 is 2.06 bits per heavy atom. The fourth-order valence-electron chi connectivity index (χ4n) is 1.26. The zero-order valence-electron chi connectivity index (χ0n) is 10.1. The molecule has 0 rings (SSSR count). The lowest BCUT2D eigenvalue weighted by molar-refractivity contribution is 0.163. The van der Waals surface area contributed by atoms with E-state index in [1.165, 1.54) is 0 Å². The van der Waals surface area contributed by atoms with E-state index in [1.807, 2.05) is 13.8 Å². The van der Waals surface area contributed by atoms with Gasteiger partial charge in [0.25, 0.3) is 0 Å². The molecule has 1 atom stereocenters. The van der Waals surface area contributed by atoms with Gasteiger partial charge in [-0.2, -0.15) is 0 Å². The van der Waals surface area contributed by atoms with Gasteiger partial charge < -0.3 is 9.84 Å². The summed E-state index contributed by atoms with van der Waals surface area (Å²) < 4.78 is 30.5. The Morgan fingerprint density at radius 1 is 1.38 bits per heavy atom. The van der Waals surface area contributed by atoms with Crippen LogP contribution in [0.2, 0.25) is 0 Å². The van der Waals surface area contributed by atoms with E-state index in [9.17, 15) is 8.42 Å². The number of sulfonamides is 1. The lowest BCUT2D eigenvalue weighted by atomic mass is 10.0. The summed E-state index contributed by atoms with van der Waals surface area (Å²) in [5.41, 5.74) is 0. The molecule has 6 heteroatoms. The van der Waals surface area contributed by atoms with Crippen LogP contribution in [0.3, 0.4) is 0 Å². The van der Waals surface area contributed by atoms with Crippen LogP contribution < -0.4 is 4.72 Å². The third kappa shape index (κ3) is 8.04. The van der Waals surface area contributed by atoms with Crippen LogP contribution in [0.5, 0.6) is 0 Å². The van der Waals surface area contributed by atoms with Gasteiger partial charge in [-0.25, -0.2) is 13.1 Å². The molecule has 16 heavy (non-hydrogen) atoms. The molecule has 0 aliphatic carbocycles. The zero-order valence-corrected chi connectivity index (χ0v) is 10.9. The SMILES string of the molecule is CCOCCS(=O)(=O)NCC(CC)CCO. The second-order valence-electron chi connectivity index (χ2n) is 3.65. The third-order valence-electron chi connectivity index (χ3n) is 2.41. The Hall–Kier alpha value is -0.170. The molecule has 0 aromatic carbocycles. The number of hydrogen-bond acceptors (Lipinski definition) is 4.